The number of rotatable bonds is 6. The Morgan fingerprint density at radius 3 is 0.981 bits per heavy atom. The Balaban J connectivity index is 0.000000230. The molecule has 0 fully saturated rings. The van der Waals surface area contributed by atoms with Gasteiger partial charge in [-0.3, -0.25) is 0 Å². The summed E-state index contributed by atoms with van der Waals surface area (Å²) in [6.45, 7) is 4.61. The van der Waals surface area contributed by atoms with Gasteiger partial charge in [-0.25, -0.2) is 0 Å². The number of hydrogen-bond acceptors (Lipinski definition) is 6. The van der Waals surface area contributed by atoms with E-state index in [1.54, 1.807) is 42.7 Å². The molecule has 7 heteroatoms. The molecule has 1 aliphatic carbocycles. The average molecular weight is 774 g/mol. The fraction of sp³-hybridized carbons (Fsp3) is 0.200. The summed E-state index contributed by atoms with van der Waals surface area (Å²) in [4.78, 5) is 0. The minimum absolute atomic E-state index is 0. The molecule has 52 heavy (non-hydrogen) atoms. The van der Waals surface area contributed by atoms with Crippen LogP contribution >= 0.6 is 0 Å². The molecule has 0 N–H and O–H groups in total. The number of fused-ring (bicyclic) bond motifs is 3. The summed E-state index contributed by atoms with van der Waals surface area (Å²) in [5.41, 5.74) is 5.86. The third kappa shape index (κ3) is 13.4. The van der Waals surface area contributed by atoms with Crippen molar-refractivity contribution in [2.75, 3.05) is 42.7 Å². The molecule has 6 nitrogen and oxygen atoms in total. The van der Waals surface area contributed by atoms with Gasteiger partial charge in [0, 0.05) is 55.7 Å². The van der Waals surface area contributed by atoms with E-state index in [4.69, 9.17) is 28.4 Å². The molecule has 1 aliphatic rings. The predicted molar refractivity (Wildman–Crippen MR) is 207 cm³/mol. The van der Waals surface area contributed by atoms with Gasteiger partial charge in [0.1, 0.15) is 23.0 Å². The van der Waals surface area contributed by atoms with Gasteiger partial charge in [0.2, 0.25) is 0 Å². The summed E-state index contributed by atoms with van der Waals surface area (Å²) in [7, 11) is 9.85. The first-order valence-electron chi connectivity index (χ1n) is 16.4. The molecule has 0 amide bonds. The van der Waals surface area contributed by atoms with E-state index < -0.39 is 0 Å². The van der Waals surface area contributed by atoms with E-state index in [0.29, 0.717) is 0 Å². The van der Waals surface area contributed by atoms with Crippen molar-refractivity contribution in [3.63, 3.8) is 0 Å². The second-order valence-corrected chi connectivity index (χ2v) is 11.4. The van der Waals surface area contributed by atoms with Crippen molar-refractivity contribution in [1.29, 1.82) is 0 Å². The van der Waals surface area contributed by atoms with Crippen LogP contribution in [-0.2, 0) is 38.1 Å². The Labute approximate surface area is 335 Å². The Hall–Kier alpha value is -4.78. The van der Waals surface area contributed by atoms with E-state index in [0.717, 1.165) is 34.5 Å². The van der Waals surface area contributed by atoms with Crippen LogP contribution in [0.3, 0.4) is 0 Å². The topological polar surface area (TPSA) is 55.4 Å². The average Bonchev–Trinajstić information content (AvgIpc) is 3.45. The van der Waals surface area contributed by atoms with Crippen molar-refractivity contribution in [3.05, 3.63) is 169 Å². The molecule has 0 saturated heterocycles. The van der Waals surface area contributed by atoms with E-state index >= 15 is 0 Å². The van der Waals surface area contributed by atoms with Gasteiger partial charge in [0.05, 0.1) is 42.7 Å². The molecular weight excluding hydrogens is 725 g/mol. The number of ether oxygens (including phenoxy) is 6. The number of methoxy groups -OCH3 is 6. The van der Waals surface area contributed by atoms with E-state index in [2.05, 4.69) is 74.5 Å². The SMILES string of the molecule is CC1(C)c2ccccc2-c2ccccc21.COc1cc[c-]cc1.COc1cc[c-]cc1.COc1ccc(OC)cc1.COc1cccc(OC)c1.[Y]. The van der Waals surface area contributed by atoms with Crippen LogP contribution in [0.1, 0.15) is 25.0 Å². The second-order valence-electron chi connectivity index (χ2n) is 11.4. The zero-order valence-corrected chi connectivity index (χ0v) is 34.2. The quantitative estimate of drug-likeness (QED) is 0.157. The van der Waals surface area contributed by atoms with Crippen molar-refractivity contribution in [2.24, 2.45) is 0 Å². The van der Waals surface area contributed by atoms with E-state index in [9.17, 15) is 0 Å². The molecule has 0 bridgehead atoms. The van der Waals surface area contributed by atoms with Gasteiger partial charge in [-0.2, -0.15) is 36.4 Å². The van der Waals surface area contributed by atoms with Crippen LogP contribution in [-0.4, -0.2) is 42.7 Å². The van der Waals surface area contributed by atoms with Gasteiger partial charge >= 0.3 is 0 Å². The smallest absolute Gasteiger partial charge is 0.122 e. The van der Waals surface area contributed by atoms with Crippen LogP contribution in [0.4, 0.5) is 0 Å². The van der Waals surface area contributed by atoms with Gasteiger partial charge in [0.15, 0.2) is 0 Å². The maximum absolute atomic E-state index is 4.98. The summed E-state index contributed by atoms with van der Waals surface area (Å²) in [5, 5.41) is 0. The zero-order valence-electron chi connectivity index (χ0n) is 31.4. The molecule has 0 spiro atoms. The van der Waals surface area contributed by atoms with Gasteiger partial charge in [0.25, 0.3) is 0 Å². The van der Waals surface area contributed by atoms with Crippen molar-refractivity contribution >= 4 is 0 Å². The summed E-state index contributed by atoms with van der Waals surface area (Å²) >= 11 is 0. The first kappa shape index (κ1) is 43.4. The molecule has 0 aromatic heterocycles. The van der Waals surface area contributed by atoms with Gasteiger partial charge in [-0.05, 0) is 58.7 Å². The fourth-order valence-electron chi connectivity index (χ4n) is 5.13. The van der Waals surface area contributed by atoms with Crippen LogP contribution in [0.2, 0.25) is 0 Å². The van der Waals surface area contributed by atoms with Gasteiger partial charge < -0.3 is 28.4 Å². The van der Waals surface area contributed by atoms with E-state index in [1.165, 1.54) is 22.3 Å². The molecule has 1 radical (unpaired) electrons. The number of benzene rings is 6. The molecule has 0 unspecified atom stereocenters. The Morgan fingerprint density at radius 1 is 0.365 bits per heavy atom. The van der Waals surface area contributed by atoms with Crippen molar-refractivity contribution in [3.8, 4) is 45.6 Å². The van der Waals surface area contributed by atoms with Crippen LogP contribution in [0.5, 0.6) is 34.5 Å². The third-order valence-corrected chi connectivity index (χ3v) is 7.91. The summed E-state index contributed by atoms with van der Waals surface area (Å²) in [5.74, 6) is 5.09. The van der Waals surface area contributed by atoms with Gasteiger partial charge in [-0.1, -0.05) is 68.4 Å². The Kier molecular flexibility index (Phi) is 19.7. The number of hydrogen-bond donors (Lipinski definition) is 0. The predicted octanol–water partition coefficient (Wildman–Crippen LogP) is 10.4. The minimum Gasteiger partial charge on any atom is -0.522 e. The standard InChI is InChI=1S/C15H14.2C8H10O2.2C7H7O.Y/c1-15(2)13-9-5-3-7-11(13)12-8-4-6-10-14(12)15;1-9-7-3-5-8(10-2)6-4-7;1-9-7-4-3-5-8(6-7)10-2;2*1-8-7-5-3-2-4-6-7;/h3-10H,1-2H3;2*3-6H,1-2H3;2*3-6H,1H3;/q;;;2*-1;. The first-order valence-corrected chi connectivity index (χ1v) is 16.4. The van der Waals surface area contributed by atoms with Crippen LogP contribution in [0.15, 0.2) is 146 Å². The molecule has 0 heterocycles. The van der Waals surface area contributed by atoms with E-state index in [1.807, 2.05) is 97.1 Å². The fourth-order valence-corrected chi connectivity index (χ4v) is 5.13. The maximum atomic E-state index is 4.98. The van der Waals surface area contributed by atoms with Crippen molar-refractivity contribution in [1.82, 2.24) is 0 Å². The molecule has 0 aliphatic heterocycles. The third-order valence-electron chi connectivity index (χ3n) is 7.91. The normalized spacial score (nSPS) is 10.7. The Morgan fingerprint density at radius 2 is 0.673 bits per heavy atom. The minimum atomic E-state index is 0. The Bertz CT molecular complexity index is 1700. The molecule has 269 valence electrons. The maximum Gasteiger partial charge on any atom is 0.122 e. The largest absolute Gasteiger partial charge is 0.522 e. The molecule has 0 atom stereocenters. The summed E-state index contributed by atoms with van der Waals surface area (Å²) < 4.78 is 29.7. The van der Waals surface area contributed by atoms with Crippen LogP contribution in [0.25, 0.3) is 11.1 Å². The van der Waals surface area contributed by atoms with Crippen LogP contribution in [0, 0.1) is 12.1 Å². The monoisotopic (exact) mass is 773 g/mol. The molecule has 6 aromatic rings. The van der Waals surface area contributed by atoms with E-state index in [-0.39, 0.29) is 38.1 Å². The second kappa shape index (κ2) is 23.7. The molecule has 7 rings (SSSR count). The van der Waals surface area contributed by atoms with Gasteiger partial charge in [-0.15, -0.1) is 24.3 Å². The molecular formula is C45H48O6Y-2. The van der Waals surface area contributed by atoms with Crippen molar-refractivity contribution in [2.45, 2.75) is 19.3 Å². The zero-order chi connectivity index (χ0) is 36.9. The first-order chi connectivity index (χ1) is 24.8. The molecule has 6 aromatic carbocycles. The summed E-state index contributed by atoms with van der Waals surface area (Å²) in [6, 6.07) is 52.9. The molecule has 0 saturated carbocycles. The summed E-state index contributed by atoms with van der Waals surface area (Å²) in [6.07, 6.45) is 0. The van der Waals surface area contributed by atoms with Crippen molar-refractivity contribution < 1.29 is 61.1 Å². The van der Waals surface area contributed by atoms with Crippen LogP contribution < -0.4 is 28.4 Å².